The molecule has 0 aliphatic heterocycles. The zero-order valence-electron chi connectivity index (χ0n) is 11.7. The Morgan fingerprint density at radius 1 is 1.32 bits per heavy atom. The Bertz CT molecular complexity index is 387. The Hall–Kier alpha value is -1.05. The first-order valence-corrected chi connectivity index (χ1v) is 8.58. The van der Waals surface area contributed by atoms with E-state index in [0.717, 1.165) is 6.42 Å². The monoisotopic (exact) mass is 326 g/mol. The molecule has 0 saturated carbocycles. The molecule has 1 rings (SSSR count). The maximum absolute atomic E-state index is 11.2. The summed E-state index contributed by atoms with van der Waals surface area (Å²) in [6.07, 6.45) is 8.45. The van der Waals surface area contributed by atoms with E-state index in [9.17, 15) is 4.79 Å². The number of methoxy groups -OCH3 is 1. The number of esters is 1. The van der Waals surface area contributed by atoms with Gasteiger partial charge in [-0.3, -0.25) is 0 Å². The topological polar surface area (TPSA) is 26.3 Å². The van der Waals surface area contributed by atoms with Crippen LogP contribution in [0.2, 0.25) is 4.82 Å². The Labute approximate surface area is 122 Å². The van der Waals surface area contributed by atoms with Crippen molar-refractivity contribution in [3.8, 4) is 0 Å². The number of allylic oxidation sites excluding steroid dienone is 1. The van der Waals surface area contributed by atoms with Crippen molar-refractivity contribution in [2.75, 3.05) is 7.11 Å². The van der Waals surface area contributed by atoms with E-state index in [-0.39, 0.29) is 5.97 Å². The molecule has 1 atom stereocenters. The Balaban J connectivity index is 2.58. The minimum absolute atomic E-state index is 0.260. The van der Waals surface area contributed by atoms with E-state index in [1.807, 2.05) is 12.1 Å². The van der Waals surface area contributed by atoms with Gasteiger partial charge in [0.2, 0.25) is 0 Å². The van der Waals surface area contributed by atoms with Crippen LogP contribution in [0.1, 0.15) is 32.6 Å². The second-order valence-electron chi connectivity index (χ2n) is 4.35. The van der Waals surface area contributed by atoms with Crippen molar-refractivity contribution >= 4 is 25.4 Å². The van der Waals surface area contributed by atoms with E-state index in [4.69, 9.17) is 0 Å². The van der Waals surface area contributed by atoms with Crippen LogP contribution in [0.4, 0.5) is 0 Å². The third-order valence-electron chi connectivity index (χ3n) is 2.77. The van der Waals surface area contributed by atoms with Gasteiger partial charge in [0.05, 0.1) is 0 Å². The summed E-state index contributed by atoms with van der Waals surface area (Å²) < 4.78 is 6.04. The van der Waals surface area contributed by atoms with Crippen LogP contribution < -0.4 is 4.46 Å². The molecule has 1 aromatic rings. The van der Waals surface area contributed by atoms with Gasteiger partial charge in [-0.15, -0.1) is 0 Å². The molecular weight excluding hydrogens is 303 g/mol. The number of unbranched alkanes of at least 4 members (excludes halogenated alkanes) is 2. The SMILES string of the molecule is CCCCC[C@@H](/C=C/C(=O)OC)[Se]c1ccccc1. The summed E-state index contributed by atoms with van der Waals surface area (Å²) in [6.45, 7) is 2.21. The molecule has 0 spiro atoms. The van der Waals surface area contributed by atoms with Crippen molar-refractivity contribution in [1.82, 2.24) is 0 Å². The summed E-state index contributed by atoms with van der Waals surface area (Å²) in [5, 5.41) is 0. The fraction of sp³-hybridized carbons (Fsp3) is 0.438. The predicted octanol–water partition coefficient (Wildman–Crippen LogP) is 3.11. The summed E-state index contributed by atoms with van der Waals surface area (Å²) in [7, 11) is 1.42. The van der Waals surface area contributed by atoms with E-state index in [1.54, 1.807) is 6.08 Å². The van der Waals surface area contributed by atoms with Gasteiger partial charge >= 0.3 is 122 Å². The number of rotatable bonds is 8. The van der Waals surface area contributed by atoms with Gasteiger partial charge in [0.1, 0.15) is 0 Å². The zero-order chi connectivity index (χ0) is 13.9. The average molecular weight is 325 g/mol. The van der Waals surface area contributed by atoms with E-state index < -0.39 is 0 Å². The second kappa shape index (κ2) is 9.82. The van der Waals surface area contributed by atoms with E-state index in [0.29, 0.717) is 19.8 Å². The number of hydrogen-bond donors (Lipinski definition) is 0. The van der Waals surface area contributed by atoms with E-state index >= 15 is 0 Å². The molecule has 0 saturated heterocycles. The molecule has 19 heavy (non-hydrogen) atoms. The van der Waals surface area contributed by atoms with Crippen molar-refractivity contribution in [1.29, 1.82) is 0 Å². The first kappa shape index (κ1) is 16.0. The molecule has 0 unspecified atom stereocenters. The number of ether oxygens (including phenoxy) is 1. The van der Waals surface area contributed by atoms with Crippen molar-refractivity contribution < 1.29 is 9.53 Å². The fourth-order valence-corrected chi connectivity index (χ4v) is 4.04. The van der Waals surface area contributed by atoms with Crippen LogP contribution in [0.15, 0.2) is 42.5 Å². The quantitative estimate of drug-likeness (QED) is 0.318. The molecule has 104 valence electrons. The molecule has 0 heterocycles. The third-order valence-corrected chi connectivity index (χ3v) is 5.37. The van der Waals surface area contributed by atoms with Gasteiger partial charge < -0.3 is 0 Å². The molecule has 0 N–H and O–H groups in total. The standard InChI is InChI=1S/C16H22O2Se/c1-3-4-6-9-15(12-13-16(17)18-2)19-14-10-7-5-8-11-14/h5,7-8,10-13,15H,3-4,6,9H2,1-2H3/b13-12+/t15-/m0/s1. The van der Waals surface area contributed by atoms with Gasteiger partial charge in [-0.25, -0.2) is 0 Å². The molecule has 2 nitrogen and oxygen atoms in total. The first-order chi connectivity index (χ1) is 9.26. The normalized spacial score (nSPS) is 12.5. The van der Waals surface area contributed by atoms with Gasteiger partial charge in [0.15, 0.2) is 0 Å². The van der Waals surface area contributed by atoms with Crippen LogP contribution in [0.25, 0.3) is 0 Å². The number of carbonyl (C=O) groups is 1. The van der Waals surface area contributed by atoms with Crippen molar-refractivity contribution in [2.24, 2.45) is 0 Å². The van der Waals surface area contributed by atoms with E-state index in [2.05, 4.69) is 35.9 Å². The van der Waals surface area contributed by atoms with Gasteiger partial charge in [-0.05, 0) is 0 Å². The van der Waals surface area contributed by atoms with Crippen LogP contribution in [0.3, 0.4) is 0 Å². The summed E-state index contributed by atoms with van der Waals surface area (Å²) in [5.74, 6) is -0.260. The van der Waals surface area contributed by atoms with Crippen molar-refractivity contribution in [3.63, 3.8) is 0 Å². The molecule has 0 amide bonds. The average Bonchev–Trinajstić information content (AvgIpc) is 2.45. The number of benzene rings is 1. The van der Waals surface area contributed by atoms with Gasteiger partial charge in [0, 0.05) is 0 Å². The molecule has 0 aliphatic carbocycles. The summed E-state index contributed by atoms with van der Waals surface area (Å²) in [6, 6.07) is 10.5. The summed E-state index contributed by atoms with van der Waals surface area (Å²) in [4.78, 5) is 11.7. The minimum atomic E-state index is -0.260. The van der Waals surface area contributed by atoms with Crippen molar-refractivity contribution in [2.45, 2.75) is 37.4 Å². The fourth-order valence-electron chi connectivity index (χ4n) is 1.72. The number of carbonyl (C=O) groups excluding carboxylic acids is 1. The molecule has 0 aromatic heterocycles. The molecule has 0 bridgehead atoms. The van der Waals surface area contributed by atoms with Gasteiger partial charge in [-0.2, -0.15) is 0 Å². The van der Waals surface area contributed by atoms with Crippen LogP contribution >= 0.6 is 0 Å². The summed E-state index contributed by atoms with van der Waals surface area (Å²) in [5.41, 5.74) is 0. The molecule has 1 aromatic carbocycles. The van der Waals surface area contributed by atoms with Crippen LogP contribution in [0.5, 0.6) is 0 Å². The Morgan fingerprint density at radius 2 is 2.05 bits per heavy atom. The maximum atomic E-state index is 11.2. The van der Waals surface area contributed by atoms with Gasteiger partial charge in [0.25, 0.3) is 0 Å². The molecular formula is C16H22O2Se. The zero-order valence-corrected chi connectivity index (χ0v) is 13.4. The Kier molecular flexibility index (Phi) is 8.28. The van der Waals surface area contributed by atoms with Gasteiger partial charge in [-0.1, -0.05) is 0 Å². The van der Waals surface area contributed by atoms with Crippen LogP contribution in [-0.2, 0) is 9.53 Å². The number of hydrogen-bond acceptors (Lipinski definition) is 2. The predicted molar refractivity (Wildman–Crippen MR) is 80.9 cm³/mol. The second-order valence-corrected chi connectivity index (χ2v) is 7.10. The van der Waals surface area contributed by atoms with Crippen LogP contribution in [-0.4, -0.2) is 28.0 Å². The molecule has 0 fully saturated rings. The Morgan fingerprint density at radius 3 is 2.68 bits per heavy atom. The first-order valence-electron chi connectivity index (χ1n) is 6.74. The van der Waals surface area contributed by atoms with Crippen LogP contribution in [0, 0.1) is 0 Å². The van der Waals surface area contributed by atoms with E-state index in [1.165, 1.54) is 30.8 Å². The molecule has 3 heteroatoms. The van der Waals surface area contributed by atoms with Crippen molar-refractivity contribution in [3.05, 3.63) is 42.5 Å². The molecule has 0 radical (unpaired) electrons. The molecule has 0 aliphatic rings. The summed E-state index contributed by atoms with van der Waals surface area (Å²) >= 11 is 0.375. The third kappa shape index (κ3) is 7.19.